The van der Waals surface area contributed by atoms with Crippen LogP contribution < -0.4 is 15.8 Å². The maximum atomic E-state index is 5.83. The fourth-order valence-electron chi connectivity index (χ4n) is 1.29. The number of nitrogens with two attached hydrogens (primary N) is 1. The van der Waals surface area contributed by atoms with Crippen molar-refractivity contribution < 1.29 is 4.74 Å². The molecule has 0 unspecified atom stereocenters. The summed E-state index contributed by atoms with van der Waals surface area (Å²) in [7, 11) is 1.56. The fourth-order valence-corrected chi connectivity index (χ4v) is 1.29. The second-order valence-corrected chi connectivity index (χ2v) is 3.19. The van der Waals surface area contributed by atoms with Crippen molar-refractivity contribution in [2.45, 2.75) is 26.7 Å². The number of ether oxygens (including phenoxy) is 1. The van der Waals surface area contributed by atoms with E-state index in [0.29, 0.717) is 17.4 Å². The van der Waals surface area contributed by atoms with Gasteiger partial charge in [-0.05, 0) is 13.3 Å². The molecule has 0 aliphatic heterocycles. The number of methoxy groups -OCH3 is 1. The van der Waals surface area contributed by atoms with E-state index in [-0.39, 0.29) is 0 Å². The Hall–Kier alpha value is -1.52. The number of nitrogen functional groups attached to an aromatic ring is 1. The van der Waals surface area contributed by atoms with Crippen molar-refractivity contribution in [3.63, 3.8) is 0 Å². The highest BCUT2D eigenvalue weighted by Gasteiger charge is 2.10. The maximum absolute atomic E-state index is 5.83. The number of anilines is 2. The summed E-state index contributed by atoms with van der Waals surface area (Å²) in [6.07, 6.45) is 1.83. The molecule has 5 nitrogen and oxygen atoms in total. The molecule has 84 valence electrons. The molecule has 0 saturated carbocycles. The molecule has 5 heteroatoms. The molecule has 1 rings (SSSR count). The van der Waals surface area contributed by atoms with E-state index in [0.717, 1.165) is 25.2 Å². The van der Waals surface area contributed by atoms with Gasteiger partial charge in [-0.25, -0.2) is 4.98 Å². The minimum Gasteiger partial charge on any atom is -0.479 e. The first kappa shape index (κ1) is 11.6. The molecule has 1 aromatic heterocycles. The second kappa shape index (κ2) is 5.38. The molecule has 0 atom stereocenters. The van der Waals surface area contributed by atoms with Crippen LogP contribution in [0.15, 0.2) is 0 Å². The van der Waals surface area contributed by atoms with Gasteiger partial charge in [0.2, 0.25) is 5.88 Å². The van der Waals surface area contributed by atoms with Gasteiger partial charge in [0.25, 0.3) is 0 Å². The normalized spacial score (nSPS) is 10.1. The SMILES string of the molecule is CCCc1nc(NCC)c(N)c(OC)n1. The number of aromatic nitrogens is 2. The Labute approximate surface area is 90.1 Å². The third-order valence-corrected chi connectivity index (χ3v) is 1.97. The van der Waals surface area contributed by atoms with Gasteiger partial charge >= 0.3 is 0 Å². The van der Waals surface area contributed by atoms with Crippen LogP contribution in [0.5, 0.6) is 5.88 Å². The van der Waals surface area contributed by atoms with E-state index < -0.39 is 0 Å². The lowest BCUT2D eigenvalue weighted by molar-refractivity contribution is 0.397. The Kier molecular flexibility index (Phi) is 4.15. The van der Waals surface area contributed by atoms with Crippen LogP contribution in [-0.4, -0.2) is 23.6 Å². The summed E-state index contributed by atoms with van der Waals surface area (Å²) in [6.45, 7) is 4.85. The second-order valence-electron chi connectivity index (χ2n) is 3.19. The van der Waals surface area contributed by atoms with Crippen molar-refractivity contribution in [1.82, 2.24) is 9.97 Å². The highest BCUT2D eigenvalue weighted by atomic mass is 16.5. The molecule has 0 aliphatic carbocycles. The molecule has 3 N–H and O–H groups in total. The molecule has 0 amide bonds. The Bertz CT molecular complexity index is 327. The third-order valence-electron chi connectivity index (χ3n) is 1.97. The number of aryl methyl sites for hydroxylation is 1. The van der Waals surface area contributed by atoms with Gasteiger partial charge in [-0.2, -0.15) is 4.98 Å². The van der Waals surface area contributed by atoms with E-state index in [4.69, 9.17) is 10.5 Å². The van der Waals surface area contributed by atoms with Gasteiger partial charge in [0, 0.05) is 13.0 Å². The summed E-state index contributed by atoms with van der Waals surface area (Å²) in [5.74, 6) is 1.87. The molecule has 0 fully saturated rings. The van der Waals surface area contributed by atoms with Gasteiger partial charge in [0.1, 0.15) is 11.5 Å². The van der Waals surface area contributed by atoms with Gasteiger partial charge < -0.3 is 15.8 Å². The molecule has 15 heavy (non-hydrogen) atoms. The van der Waals surface area contributed by atoms with E-state index in [1.807, 2.05) is 6.92 Å². The third kappa shape index (κ3) is 2.71. The number of nitrogens with one attached hydrogen (secondary N) is 1. The highest BCUT2D eigenvalue weighted by molar-refractivity contribution is 5.66. The predicted octanol–water partition coefficient (Wildman–Crippen LogP) is 1.45. The molecule has 0 aromatic carbocycles. The molecule has 0 bridgehead atoms. The van der Waals surface area contributed by atoms with Crippen LogP contribution in [0.25, 0.3) is 0 Å². The van der Waals surface area contributed by atoms with Crippen molar-refractivity contribution in [2.75, 3.05) is 24.7 Å². The van der Waals surface area contributed by atoms with E-state index >= 15 is 0 Å². The van der Waals surface area contributed by atoms with Crippen LogP contribution >= 0.6 is 0 Å². The summed E-state index contributed by atoms with van der Waals surface area (Å²) in [6, 6.07) is 0. The average Bonchev–Trinajstić information content (AvgIpc) is 2.23. The van der Waals surface area contributed by atoms with Crippen molar-refractivity contribution in [3.05, 3.63) is 5.82 Å². The van der Waals surface area contributed by atoms with Crippen LogP contribution in [0.2, 0.25) is 0 Å². The lowest BCUT2D eigenvalue weighted by Gasteiger charge is -2.11. The van der Waals surface area contributed by atoms with Crippen LogP contribution in [0.1, 0.15) is 26.1 Å². The molecular formula is C10H18N4O. The van der Waals surface area contributed by atoms with Gasteiger partial charge in [-0.1, -0.05) is 6.92 Å². The largest absolute Gasteiger partial charge is 0.479 e. The van der Waals surface area contributed by atoms with Gasteiger partial charge in [-0.15, -0.1) is 0 Å². The summed E-state index contributed by atoms with van der Waals surface area (Å²) in [5.41, 5.74) is 6.30. The Balaban J connectivity index is 3.07. The van der Waals surface area contributed by atoms with Gasteiger partial charge in [-0.3, -0.25) is 0 Å². The topological polar surface area (TPSA) is 73.1 Å². The van der Waals surface area contributed by atoms with Gasteiger partial charge in [0.15, 0.2) is 5.82 Å². The average molecular weight is 210 g/mol. The monoisotopic (exact) mass is 210 g/mol. The minimum atomic E-state index is 0.449. The van der Waals surface area contributed by atoms with Crippen LogP contribution in [0, 0.1) is 0 Å². The molecule has 0 saturated heterocycles. The van der Waals surface area contributed by atoms with E-state index in [9.17, 15) is 0 Å². The summed E-state index contributed by atoms with van der Waals surface area (Å²) >= 11 is 0. The Morgan fingerprint density at radius 2 is 2.07 bits per heavy atom. The Morgan fingerprint density at radius 3 is 2.60 bits per heavy atom. The van der Waals surface area contributed by atoms with E-state index in [1.165, 1.54) is 0 Å². The number of hydrogen-bond acceptors (Lipinski definition) is 5. The first-order chi connectivity index (χ1) is 7.22. The molecular weight excluding hydrogens is 192 g/mol. The lowest BCUT2D eigenvalue weighted by atomic mass is 10.3. The van der Waals surface area contributed by atoms with Crippen molar-refractivity contribution in [3.8, 4) is 5.88 Å². The molecule has 0 radical (unpaired) electrons. The maximum Gasteiger partial charge on any atom is 0.242 e. The standard InChI is InChI=1S/C10H18N4O/c1-4-6-7-13-9(12-5-2)8(11)10(14-7)15-3/h4-6,11H2,1-3H3,(H,12,13,14). The fraction of sp³-hybridized carbons (Fsp3) is 0.600. The zero-order valence-corrected chi connectivity index (χ0v) is 9.50. The first-order valence-corrected chi connectivity index (χ1v) is 5.17. The number of hydrogen-bond donors (Lipinski definition) is 2. The lowest BCUT2D eigenvalue weighted by Crippen LogP contribution is -2.09. The molecule has 0 aliphatic rings. The van der Waals surface area contributed by atoms with E-state index in [2.05, 4.69) is 22.2 Å². The highest BCUT2D eigenvalue weighted by Crippen LogP contribution is 2.25. The van der Waals surface area contributed by atoms with E-state index in [1.54, 1.807) is 7.11 Å². The van der Waals surface area contributed by atoms with Crippen molar-refractivity contribution in [2.24, 2.45) is 0 Å². The van der Waals surface area contributed by atoms with Crippen molar-refractivity contribution >= 4 is 11.5 Å². The summed E-state index contributed by atoms with van der Waals surface area (Å²) in [5, 5.41) is 3.09. The first-order valence-electron chi connectivity index (χ1n) is 5.17. The number of nitrogens with zero attached hydrogens (tertiary/aromatic N) is 2. The smallest absolute Gasteiger partial charge is 0.242 e. The van der Waals surface area contributed by atoms with Crippen molar-refractivity contribution in [1.29, 1.82) is 0 Å². The zero-order chi connectivity index (χ0) is 11.3. The quantitative estimate of drug-likeness (QED) is 0.769. The summed E-state index contributed by atoms with van der Waals surface area (Å²) < 4.78 is 5.10. The molecule has 1 heterocycles. The molecule has 1 aromatic rings. The Morgan fingerprint density at radius 1 is 1.33 bits per heavy atom. The van der Waals surface area contributed by atoms with Crippen LogP contribution in [0.4, 0.5) is 11.5 Å². The van der Waals surface area contributed by atoms with Crippen LogP contribution in [0.3, 0.4) is 0 Å². The minimum absolute atomic E-state index is 0.449. The van der Waals surface area contributed by atoms with Gasteiger partial charge in [0.05, 0.1) is 7.11 Å². The zero-order valence-electron chi connectivity index (χ0n) is 9.50. The number of rotatable bonds is 5. The molecule has 0 spiro atoms. The summed E-state index contributed by atoms with van der Waals surface area (Å²) in [4.78, 5) is 8.56. The van der Waals surface area contributed by atoms with Crippen LogP contribution in [-0.2, 0) is 6.42 Å². The predicted molar refractivity (Wildman–Crippen MR) is 61.2 cm³/mol.